The first-order chi connectivity index (χ1) is 6.14. The molecule has 0 bridgehead atoms. The van der Waals surface area contributed by atoms with Crippen LogP contribution in [-0.4, -0.2) is 24.5 Å². The van der Waals surface area contributed by atoms with Crippen LogP contribution in [0.4, 0.5) is 0 Å². The van der Waals surface area contributed by atoms with Crippen molar-refractivity contribution in [3.8, 4) is 0 Å². The molecule has 0 spiro atoms. The van der Waals surface area contributed by atoms with Crippen molar-refractivity contribution >= 4 is 0 Å². The van der Waals surface area contributed by atoms with Crippen molar-refractivity contribution in [2.24, 2.45) is 5.41 Å². The minimum absolute atomic E-state index is 0.534. The zero-order valence-corrected chi connectivity index (χ0v) is 9.60. The van der Waals surface area contributed by atoms with Crippen LogP contribution >= 0.6 is 0 Å². The van der Waals surface area contributed by atoms with Crippen LogP contribution in [0.15, 0.2) is 0 Å². The van der Waals surface area contributed by atoms with Gasteiger partial charge < -0.3 is 4.90 Å². The Morgan fingerprint density at radius 2 is 1.69 bits per heavy atom. The molecule has 1 saturated heterocycles. The van der Waals surface area contributed by atoms with Crippen molar-refractivity contribution < 1.29 is 0 Å². The van der Waals surface area contributed by atoms with Crippen LogP contribution in [0.1, 0.15) is 52.9 Å². The van der Waals surface area contributed by atoms with E-state index in [9.17, 15) is 0 Å². The van der Waals surface area contributed by atoms with E-state index in [1.54, 1.807) is 0 Å². The highest BCUT2D eigenvalue weighted by Crippen LogP contribution is 2.24. The fourth-order valence-corrected chi connectivity index (χ4v) is 2.48. The van der Waals surface area contributed by atoms with Gasteiger partial charge >= 0.3 is 0 Å². The molecule has 1 fully saturated rings. The molecule has 0 saturated carbocycles. The molecule has 0 amide bonds. The lowest BCUT2D eigenvalue weighted by Gasteiger charge is -2.34. The lowest BCUT2D eigenvalue weighted by molar-refractivity contribution is 0.145. The normalized spacial score (nSPS) is 20.5. The largest absolute Gasteiger partial charge is 0.303 e. The Labute approximate surface area is 83.5 Å². The smallest absolute Gasteiger partial charge is 0.00327 e. The second kappa shape index (κ2) is 4.99. The second-order valence-electron chi connectivity index (χ2n) is 5.25. The highest BCUT2D eigenvalue weighted by molar-refractivity contribution is 4.75. The molecule has 0 aromatic carbocycles. The summed E-state index contributed by atoms with van der Waals surface area (Å²) < 4.78 is 0. The van der Waals surface area contributed by atoms with E-state index in [0.29, 0.717) is 5.41 Å². The molecule has 0 N–H and O–H groups in total. The summed E-state index contributed by atoms with van der Waals surface area (Å²) in [7, 11) is 0. The van der Waals surface area contributed by atoms with E-state index < -0.39 is 0 Å². The lowest BCUT2D eigenvalue weighted by Crippen LogP contribution is -2.37. The van der Waals surface area contributed by atoms with Crippen molar-refractivity contribution in [3.63, 3.8) is 0 Å². The number of piperidine rings is 1. The molecule has 0 atom stereocenters. The Bertz CT molecular complexity index is 134. The molecule has 1 nitrogen and oxygen atoms in total. The summed E-state index contributed by atoms with van der Waals surface area (Å²) in [4.78, 5) is 2.65. The van der Waals surface area contributed by atoms with Gasteiger partial charge in [-0.15, -0.1) is 0 Å². The van der Waals surface area contributed by atoms with Crippen molar-refractivity contribution in [1.29, 1.82) is 0 Å². The Hall–Kier alpha value is -0.0400. The van der Waals surface area contributed by atoms with Crippen LogP contribution in [0.25, 0.3) is 0 Å². The van der Waals surface area contributed by atoms with Gasteiger partial charge in [-0.2, -0.15) is 0 Å². The average Bonchev–Trinajstić information content (AvgIpc) is 2.04. The van der Waals surface area contributed by atoms with Crippen LogP contribution in [-0.2, 0) is 0 Å². The maximum Gasteiger partial charge on any atom is 0.00327 e. The molecule has 1 rings (SSSR count). The molecule has 0 unspecified atom stereocenters. The predicted octanol–water partition coefficient (Wildman–Crippen LogP) is 3.30. The summed E-state index contributed by atoms with van der Waals surface area (Å²) in [5, 5.41) is 0. The van der Waals surface area contributed by atoms with Crippen molar-refractivity contribution in [1.82, 2.24) is 4.90 Å². The van der Waals surface area contributed by atoms with Crippen molar-refractivity contribution in [3.05, 3.63) is 0 Å². The molecule has 0 aromatic rings. The molecular formula is C12H25N. The van der Waals surface area contributed by atoms with E-state index in [2.05, 4.69) is 25.7 Å². The summed E-state index contributed by atoms with van der Waals surface area (Å²) in [6.07, 6.45) is 6.97. The topological polar surface area (TPSA) is 3.24 Å². The third-order valence-corrected chi connectivity index (χ3v) is 3.03. The van der Waals surface area contributed by atoms with Gasteiger partial charge in [-0.05, 0) is 37.8 Å². The van der Waals surface area contributed by atoms with Crippen LogP contribution in [0.2, 0.25) is 0 Å². The average molecular weight is 183 g/mol. The van der Waals surface area contributed by atoms with Gasteiger partial charge in [-0.25, -0.2) is 0 Å². The number of hydrogen-bond donors (Lipinski definition) is 0. The second-order valence-corrected chi connectivity index (χ2v) is 5.25. The molecule has 1 heteroatoms. The number of nitrogens with zero attached hydrogens (tertiary/aromatic N) is 1. The van der Waals surface area contributed by atoms with Gasteiger partial charge in [0.1, 0.15) is 0 Å². The SMILES string of the molecule is CCCC(C)(C)CN1CCCCC1. The standard InChI is InChI=1S/C12H25N/c1-4-8-12(2,3)11-13-9-6-5-7-10-13/h4-11H2,1-3H3. The first kappa shape index (κ1) is 11.0. The van der Waals surface area contributed by atoms with Crippen LogP contribution in [0.5, 0.6) is 0 Å². The molecule has 13 heavy (non-hydrogen) atoms. The van der Waals surface area contributed by atoms with Crippen molar-refractivity contribution in [2.45, 2.75) is 52.9 Å². The van der Waals surface area contributed by atoms with E-state index in [1.165, 1.54) is 51.7 Å². The molecule has 0 aliphatic carbocycles. The molecule has 1 aliphatic heterocycles. The Morgan fingerprint density at radius 1 is 1.08 bits per heavy atom. The third kappa shape index (κ3) is 4.12. The van der Waals surface area contributed by atoms with Gasteiger partial charge in [0.05, 0.1) is 0 Å². The summed E-state index contributed by atoms with van der Waals surface area (Å²) in [6, 6.07) is 0. The zero-order valence-electron chi connectivity index (χ0n) is 9.60. The van der Waals surface area contributed by atoms with E-state index >= 15 is 0 Å². The number of rotatable bonds is 4. The Morgan fingerprint density at radius 3 is 2.23 bits per heavy atom. The molecule has 1 heterocycles. The predicted molar refractivity (Wildman–Crippen MR) is 59.0 cm³/mol. The van der Waals surface area contributed by atoms with E-state index in [4.69, 9.17) is 0 Å². The van der Waals surface area contributed by atoms with E-state index in [1.807, 2.05) is 0 Å². The summed E-state index contributed by atoms with van der Waals surface area (Å²) in [6.45, 7) is 11.1. The van der Waals surface area contributed by atoms with Gasteiger partial charge in [-0.3, -0.25) is 0 Å². The monoisotopic (exact) mass is 183 g/mol. The summed E-state index contributed by atoms with van der Waals surface area (Å²) >= 11 is 0. The maximum atomic E-state index is 2.65. The highest BCUT2D eigenvalue weighted by Gasteiger charge is 2.21. The summed E-state index contributed by atoms with van der Waals surface area (Å²) in [5.41, 5.74) is 0.534. The maximum absolute atomic E-state index is 2.65. The molecule has 0 aromatic heterocycles. The number of likely N-dealkylation sites (tertiary alicyclic amines) is 1. The summed E-state index contributed by atoms with van der Waals surface area (Å²) in [5.74, 6) is 0. The quantitative estimate of drug-likeness (QED) is 0.646. The van der Waals surface area contributed by atoms with Gasteiger partial charge in [0.25, 0.3) is 0 Å². The minimum Gasteiger partial charge on any atom is -0.303 e. The highest BCUT2D eigenvalue weighted by atomic mass is 15.1. The number of hydrogen-bond acceptors (Lipinski definition) is 1. The first-order valence-corrected chi connectivity index (χ1v) is 5.86. The van der Waals surface area contributed by atoms with E-state index in [0.717, 1.165) is 0 Å². The lowest BCUT2D eigenvalue weighted by atomic mass is 9.87. The third-order valence-electron chi connectivity index (χ3n) is 3.03. The molecule has 1 aliphatic rings. The fraction of sp³-hybridized carbons (Fsp3) is 1.00. The van der Waals surface area contributed by atoms with Gasteiger partial charge in [-0.1, -0.05) is 33.6 Å². The van der Waals surface area contributed by atoms with Crippen LogP contribution in [0.3, 0.4) is 0 Å². The van der Waals surface area contributed by atoms with Crippen LogP contribution < -0.4 is 0 Å². The zero-order chi connectivity index (χ0) is 9.73. The molecule has 78 valence electrons. The van der Waals surface area contributed by atoms with Gasteiger partial charge in [0.15, 0.2) is 0 Å². The fourth-order valence-electron chi connectivity index (χ4n) is 2.48. The Kier molecular flexibility index (Phi) is 4.24. The molecular weight excluding hydrogens is 158 g/mol. The molecule has 0 radical (unpaired) electrons. The first-order valence-electron chi connectivity index (χ1n) is 5.86. The van der Waals surface area contributed by atoms with E-state index in [-0.39, 0.29) is 0 Å². The van der Waals surface area contributed by atoms with Gasteiger partial charge in [0.2, 0.25) is 0 Å². The van der Waals surface area contributed by atoms with Crippen LogP contribution in [0, 0.1) is 5.41 Å². The van der Waals surface area contributed by atoms with Gasteiger partial charge in [0, 0.05) is 6.54 Å². The Balaban J connectivity index is 2.28. The minimum atomic E-state index is 0.534. The van der Waals surface area contributed by atoms with Crippen molar-refractivity contribution in [2.75, 3.05) is 19.6 Å².